The van der Waals surface area contributed by atoms with Crippen LogP contribution in [0.1, 0.15) is 31.2 Å². The lowest BCUT2D eigenvalue weighted by Crippen LogP contribution is -2.28. The molecule has 0 radical (unpaired) electrons. The van der Waals surface area contributed by atoms with Gasteiger partial charge in [0.15, 0.2) is 5.17 Å². The molecule has 2 aliphatic rings. The third-order valence-corrected chi connectivity index (χ3v) is 4.70. The number of hydrogen-bond acceptors (Lipinski definition) is 4. The largest absolute Gasteiger partial charge is 0.508 e. The van der Waals surface area contributed by atoms with Crippen LogP contribution in [0.2, 0.25) is 0 Å². The van der Waals surface area contributed by atoms with E-state index in [-0.39, 0.29) is 11.7 Å². The highest BCUT2D eigenvalue weighted by Crippen LogP contribution is 2.31. The fourth-order valence-electron chi connectivity index (χ4n) is 2.56. The lowest BCUT2D eigenvalue weighted by Gasteiger charge is -2.20. The summed E-state index contributed by atoms with van der Waals surface area (Å²) in [5.74, 6) is 0.0241. The van der Waals surface area contributed by atoms with Crippen LogP contribution in [0, 0.1) is 0 Å². The van der Waals surface area contributed by atoms with Gasteiger partial charge in [-0.25, -0.2) is 0 Å². The van der Waals surface area contributed by atoms with Gasteiger partial charge in [-0.2, -0.15) is 4.99 Å². The fraction of sp³-hybridized carbons (Fsp3) is 0.375. The first-order valence-corrected chi connectivity index (χ1v) is 8.10. The number of carbonyl (C=O) groups excluding carboxylic acids is 1. The first kappa shape index (κ1) is 14.2. The fourth-order valence-corrected chi connectivity index (χ4v) is 3.53. The molecule has 21 heavy (non-hydrogen) atoms. The second-order valence-corrected chi connectivity index (χ2v) is 6.32. The van der Waals surface area contributed by atoms with Crippen LogP contribution in [0.15, 0.2) is 34.2 Å². The van der Waals surface area contributed by atoms with E-state index in [0.29, 0.717) is 4.91 Å². The number of phenols is 1. The number of phenolic OH excluding ortho intramolecular Hbond substituents is 1. The van der Waals surface area contributed by atoms with Crippen molar-refractivity contribution >= 4 is 28.9 Å². The van der Waals surface area contributed by atoms with E-state index < -0.39 is 0 Å². The average Bonchev–Trinajstić information content (AvgIpc) is 2.68. The molecular weight excluding hydrogens is 284 g/mol. The molecule has 1 amide bonds. The Morgan fingerprint density at radius 2 is 1.95 bits per heavy atom. The van der Waals surface area contributed by atoms with Crippen molar-refractivity contribution in [2.24, 2.45) is 4.99 Å². The Balaban J connectivity index is 1.75. The lowest BCUT2D eigenvalue weighted by atomic mass is 10.2. The van der Waals surface area contributed by atoms with Crippen molar-refractivity contribution < 1.29 is 9.90 Å². The topological polar surface area (TPSA) is 52.9 Å². The van der Waals surface area contributed by atoms with Crippen molar-refractivity contribution in [3.05, 3.63) is 34.7 Å². The summed E-state index contributed by atoms with van der Waals surface area (Å²) in [6.45, 7) is 1.97. The van der Waals surface area contributed by atoms with E-state index in [9.17, 15) is 9.90 Å². The summed E-state index contributed by atoms with van der Waals surface area (Å²) < 4.78 is 0. The van der Waals surface area contributed by atoms with Gasteiger partial charge in [-0.1, -0.05) is 25.0 Å². The van der Waals surface area contributed by atoms with E-state index >= 15 is 0 Å². The SMILES string of the molecule is O=C1N=C(N2CCCCCC2)SC1=Cc1cccc(O)c1. The van der Waals surface area contributed by atoms with Crippen LogP contribution in [0.25, 0.3) is 6.08 Å². The standard InChI is InChI=1S/C16H18N2O2S/c19-13-7-5-6-12(10-13)11-14-15(20)17-16(21-14)18-8-3-1-2-4-9-18/h5-7,10-11,19H,1-4,8-9H2. The third kappa shape index (κ3) is 3.47. The van der Waals surface area contributed by atoms with Gasteiger partial charge in [-0.3, -0.25) is 4.79 Å². The Bertz CT molecular complexity index is 602. The van der Waals surface area contributed by atoms with Crippen molar-refractivity contribution in [1.29, 1.82) is 0 Å². The van der Waals surface area contributed by atoms with E-state index in [0.717, 1.165) is 23.8 Å². The Morgan fingerprint density at radius 3 is 2.67 bits per heavy atom. The van der Waals surface area contributed by atoms with E-state index in [1.165, 1.54) is 37.4 Å². The zero-order valence-electron chi connectivity index (χ0n) is 11.8. The quantitative estimate of drug-likeness (QED) is 0.809. The molecule has 2 heterocycles. The van der Waals surface area contributed by atoms with E-state index in [2.05, 4.69) is 9.89 Å². The summed E-state index contributed by atoms with van der Waals surface area (Å²) in [4.78, 5) is 19.1. The molecule has 1 fully saturated rings. The molecule has 0 bridgehead atoms. The number of aromatic hydroxyl groups is 1. The zero-order valence-corrected chi connectivity index (χ0v) is 12.6. The van der Waals surface area contributed by atoms with Gasteiger partial charge < -0.3 is 10.0 Å². The summed E-state index contributed by atoms with van der Waals surface area (Å²) in [5, 5.41) is 10.3. The molecule has 110 valence electrons. The number of amides is 1. The number of nitrogens with zero attached hydrogens (tertiary/aromatic N) is 2. The number of thioether (sulfide) groups is 1. The first-order valence-electron chi connectivity index (χ1n) is 7.29. The molecule has 1 aromatic rings. The summed E-state index contributed by atoms with van der Waals surface area (Å²) >= 11 is 1.44. The predicted octanol–water partition coefficient (Wildman–Crippen LogP) is 3.24. The maximum absolute atomic E-state index is 12.0. The minimum atomic E-state index is -0.178. The smallest absolute Gasteiger partial charge is 0.286 e. The molecule has 1 N–H and O–H groups in total. The maximum atomic E-state index is 12.0. The van der Waals surface area contributed by atoms with Gasteiger partial charge in [-0.05, 0) is 48.4 Å². The Morgan fingerprint density at radius 1 is 1.19 bits per heavy atom. The molecule has 4 nitrogen and oxygen atoms in total. The number of benzene rings is 1. The van der Waals surface area contributed by atoms with Gasteiger partial charge in [0.2, 0.25) is 0 Å². The van der Waals surface area contributed by atoms with Crippen molar-refractivity contribution in [1.82, 2.24) is 4.90 Å². The van der Waals surface area contributed by atoms with Gasteiger partial charge in [0.1, 0.15) is 5.75 Å². The monoisotopic (exact) mass is 302 g/mol. The molecule has 2 aliphatic heterocycles. The lowest BCUT2D eigenvalue weighted by molar-refractivity contribution is -0.113. The second-order valence-electron chi connectivity index (χ2n) is 5.31. The summed E-state index contributed by atoms with van der Waals surface area (Å²) in [7, 11) is 0. The molecule has 0 aromatic heterocycles. The molecule has 0 atom stereocenters. The zero-order chi connectivity index (χ0) is 14.7. The summed E-state index contributed by atoms with van der Waals surface area (Å²) in [5.41, 5.74) is 0.818. The normalized spacial score (nSPS) is 21.5. The molecule has 0 spiro atoms. The van der Waals surface area contributed by atoms with Crippen LogP contribution in [0.5, 0.6) is 5.75 Å². The molecule has 0 unspecified atom stereocenters. The minimum absolute atomic E-state index is 0.178. The van der Waals surface area contributed by atoms with Crippen LogP contribution < -0.4 is 0 Å². The molecule has 5 heteroatoms. The van der Waals surface area contributed by atoms with Crippen LogP contribution >= 0.6 is 11.8 Å². The molecule has 0 aliphatic carbocycles. The summed E-state index contributed by atoms with van der Waals surface area (Å²) in [6.07, 6.45) is 6.64. The van der Waals surface area contributed by atoms with E-state index in [1.807, 2.05) is 6.07 Å². The Kier molecular flexibility index (Phi) is 4.29. The van der Waals surface area contributed by atoms with Gasteiger partial charge in [-0.15, -0.1) is 0 Å². The number of aliphatic imine (C=N–C) groups is 1. The third-order valence-electron chi connectivity index (χ3n) is 3.65. The van der Waals surface area contributed by atoms with Gasteiger partial charge >= 0.3 is 0 Å². The van der Waals surface area contributed by atoms with Gasteiger partial charge in [0.25, 0.3) is 5.91 Å². The molecule has 0 saturated carbocycles. The van der Waals surface area contributed by atoms with Crippen LogP contribution in [-0.4, -0.2) is 34.2 Å². The number of amidine groups is 1. The Hall–Kier alpha value is -1.75. The Labute approximate surface area is 128 Å². The van der Waals surface area contributed by atoms with Crippen molar-refractivity contribution in [3.8, 4) is 5.75 Å². The van der Waals surface area contributed by atoms with Gasteiger partial charge in [0, 0.05) is 13.1 Å². The number of hydrogen-bond donors (Lipinski definition) is 1. The van der Waals surface area contributed by atoms with Crippen molar-refractivity contribution in [2.75, 3.05) is 13.1 Å². The van der Waals surface area contributed by atoms with E-state index in [1.54, 1.807) is 24.3 Å². The molecular formula is C16H18N2O2S. The van der Waals surface area contributed by atoms with Crippen molar-refractivity contribution in [2.45, 2.75) is 25.7 Å². The predicted molar refractivity (Wildman–Crippen MR) is 86.2 cm³/mol. The first-order chi connectivity index (χ1) is 10.2. The highest BCUT2D eigenvalue weighted by Gasteiger charge is 2.26. The molecule has 1 saturated heterocycles. The minimum Gasteiger partial charge on any atom is -0.508 e. The van der Waals surface area contributed by atoms with Crippen LogP contribution in [-0.2, 0) is 4.79 Å². The van der Waals surface area contributed by atoms with Gasteiger partial charge in [0.05, 0.1) is 4.91 Å². The number of rotatable bonds is 1. The second kappa shape index (κ2) is 6.35. The number of likely N-dealkylation sites (tertiary alicyclic amines) is 1. The maximum Gasteiger partial charge on any atom is 0.286 e. The highest BCUT2D eigenvalue weighted by molar-refractivity contribution is 8.18. The number of carbonyl (C=O) groups is 1. The average molecular weight is 302 g/mol. The summed E-state index contributed by atoms with van der Waals surface area (Å²) in [6, 6.07) is 6.89. The molecule has 1 aromatic carbocycles. The highest BCUT2D eigenvalue weighted by atomic mass is 32.2. The van der Waals surface area contributed by atoms with Crippen LogP contribution in [0.3, 0.4) is 0 Å². The van der Waals surface area contributed by atoms with Crippen molar-refractivity contribution in [3.63, 3.8) is 0 Å². The van der Waals surface area contributed by atoms with Crippen LogP contribution in [0.4, 0.5) is 0 Å². The molecule has 3 rings (SSSR count). The van der Waals surface area contributed by atoms with E-state index in [4.69, 9.17) is 0 Å².